The number of anilines is 1. The molecule has 0 unspecified atom stereocenters. The molecule has 2 heterocycles. The van der Waals surface area contributed by atoms with Crippen molar-refractivity contribution in [2.24, 2.45) is 0 Å². The molecule has 1 fully saturated rings. The van der Waals surface area contributed by atoms with Crippen LogP contribution < -0.4 is 5.32 Å². The number of hydrogen-bond acceptors (Lipinski definition) is 6. The second kappa shape index (κ2) is 8.86. The van der Waals surface area contributed by atoms with Crippen LogP contribution in [0.4, 0.5) is 5.69 Å². The van der Waals surface area contributed by atoms with Gasteiger partial charge in [-0.1, -0.05) is 23.7 Å². The van der Waals surface area contributed by atoms with Gasteiger partial charge in [-0.2, -0.15) is 8.75 Å². The zero-order chi connectivity index (χ0) is 20.2. The van der Waals surface area contributed by atoms with Crippen LogP contribution in [0.15, 0.2) is 42.5 Å². The van der Waals surface area contributed by atoms with Crippen molar-refractivity contribution < 1.29 is 9.59 Å². The van der Waals surface area contributed by atoms with E-state index in [1.54, 1.807) is 24.3 Å². The first-order valence-electron chi connectivity index (χ1n) is 9.38. The maximum atomic E-state index is 12.7. The van der Waals surface area contributed by atoms with Crippen LogP contribution in [-0.4, -0.2) is 63.1 Å². The van der Waals surface area contributed by atoms with Crippen molar-refractivity contribution in [2.75, 3.05) is 38.0 Å². The summed E-state index contributed by atoms with van der Waals surface area (Å²) in [6, 6.07) is 12.5. The number of halogens is 1. The summed E-state index contributed by atoms with van der Waals surface area (Å²) in [5.74, 6) is -0.123. The molecule has 2 amide bonds. The normalized spacial score (nSPS) is 15.3. The quantitative estimate of drug-likeness (QED) is 0.689. The lowest BCUT2D eigenvalue weighted by Crippen LogP contribution is -2.38. The lowest BCUT2D eigenvalue weighted by Gasteiger charge is -2.22. The maximum Gasteiger partial charge on any atom is 0.253 e. The molecule has 0 aliphatic carbocycles. The van der Waals surface area contributed by atoms with Crippen LogP contribution >= 0.6 is 23.3 Å². The van der Waals surface area contributed by atoms with Gasteiger partial charge in [0, 0.05) is 36.8 Å². The second-order valence-corrected chi connectivity index (χ2v) is 7.88. The van der Waals surface area contributed by atoms with E-state index in [-0.39, 0.29) is 18.4 Å². The molecule has 9 heteroatoms. The van der Waals surface area contributed by atoms with Gasteiger partial charge >= 0.3 is 0 Å². The molecule has 29 heavy (non-hydrogen) atoms. The van der Waals surface area contributed by atoms with Crippen molar-refractivity contribution in [3.63, 3.8) is 0 Å². The fourth-order valence-electron chi connectivity index (χ4n) is 3.44. The zero-order valence-electron chi connectivity index (χ0n) is 15.7. The molecule has 1 saturated heterocycles. The highest BCUT2D eigenvalue weighted by atomic mass is 35.5. The van der Waals surface area contributed by atoms with Gasteiger partial charge in [0.1, 0.15) is 11.0 Å². The third kappa shape index (κ3) is 4.72. The molecule has 1 aliphatic heterocycles. The third-order valence-corrected chi connectivity index (χ3v) is 5.65. The highest BCUT2D eigenvalue weighted by Gasteiger charge is 2.22. The molecular formula is C20H20ClN5O2S. The Balaban J connectivity index is 1.34. The first-order chi connectivity index (χ1) is 14.1. The number of aromatic nitrogens is 2. The summed E-state index contributed by atoms with van der Waals surface area (Å²) >= 11 is 7.13. The Labute approximate surface area is 177 Å². The lowest BCUT2D eigenvalue weighted by atomic mass is 10.2. The van der Waals surface area contributed by atoms with Crippen LogP contribution in [0.25, 0.3) is 11.0 Å². The Kier molecular flexibility index (Phi) is 6.03. The molecule has 1 N–H and O–H groups in total. The molecule has 7 nitrogen and oxygen atoms in total. The summed E-state index contributed by atoms with van der Waals surface area (Å²) in [5.41, 5.74) is 2.75. The van der Waals surface area contributed by atoms with Crippen LogP contribution in [0.5, 0.6) is 0 Å². The van der Waals surface area contributed by atoms with Crippen molar-refractivity contribution in [3.05, 3.63) is 53.1 Å². The van der Waals surface area contributed by atoms with E-state index in [1.165, 1.54) is 0 Å². The van der Waals surface area contributed by atoms with Crippen LogP contribution in [0.2, 0.25) is 5.02 Å². The molecular weight excluding hydrogens is 410 g/mol. The first-order valence-corrected chi connectivity index (χ1v) is 10.5. The number of amides is 2. The summed E-state index contributed by atoms with van der Waals surface area (Å²) < 4.78 is 8.44. The van der Waals surface area contributed by atoms with E-state index >= 15 is 0 Å². The van der Waals surface area contributed by atoms with Crippen molar-refractivity contribution in [1.29, 1.82) is 0 Å². The molecule has 1 aliphatic rings. The van der Waals surface area contributed by atoms with Crippen LogP contribution in [-0.2, 0) is 4.79 Å². The molecule has 0 saturated carbocycles. The van der Waals surface area contributed by atoms with E-state index in [0.29, 0.717) is 41.4 Å². The van der Waals surface area contributed by atoms with Crippen molar-refractivity contribution >= 4 is 51.9 Å². The van der Waals surface area contributed by atoms with Crippen LogP contribution in [0.3, 0.4) is 0 Å². The Morgan fingerprint density at radius 2 is 1.93 bits per heavy atom. The minimum absolute atomic E-state index is 0.0264. The number of carbonyl (C=O) groups is 2. The number of carbonyl (C=O) groups excluding carboxylic acids is 2. The Bertz CT molecular complexity index is 1040. The topological polar surface area (TPSA) is 78.4 Å². The highest BCUT2D eigenvalue weighted by Crippen LogP contribution is 2.21. The lowest BCUT2D eigenvalue weighted by molar-refractivity contribution is -0.117. The van der Waals surface area contributed by atoms with E-state index in [4.69, 9.17) is 11.6 Å². The number of nitrogens with one attached hydrogen (secondary N) is 1. The van der Waals surface area contributed by atoms with Gasteiger partial charge in [-0.3, -0.25) is 14.5 Å². The van der Waals surface area contributed by atoms with Crippen molar-refractivity contribution in [3.8, 4) is 0 Å². The second-order valence-electron chi connectivity index (χ2n) is 6.92. The van der Waals surface area contributed by atoms with Gasteiger partial charge in [-0.05, 0) is 36.8 Å². The van der Waals surface area contributed by atoms with Gasteiger partial charge in [-0.15, -0.1) is 0 Å². The molecule has 0 spiro atoms. The van der Waals surface area contributed by atoms with Gasteiger partial charge in [-0.25, -0.2) is 0 Å². The average Bonchev–Trinajstić information content (AvgIpc) is 3.08. The predicted octanol–water partition coefficient (Wildman–Crippen LogP) is 3.13. The maximum absolute atomic E-state index is 12.7. The first kappa shape index (κ1) is 19.8. The van der Waals surface area contributed by atoms with E-state index < -0.39 is 0 Å². The molecule has 2 aromatic carbocycles. The van der Waals surface area contributed by atoms with E-state index in [9.17, 15) is 9.59 Å². The van der Waals surface area contributed by atoms with Gasteiger partial charge in [0.25, 0.3) is 5.91 Å². The average molecular weight is 430 g/mol. The standard InChI is InChI=1S/C20H20ClN5O2S/c21-15-5-1-4-14(12-15)20(28)26-9-3-8-25(10-11-26)13-18(27)22-16-6-2-7-17-19(16)24-29-23-17/h1-2,4-7,12H,3,8-11,13H2,(H,22,27). The molecule has 150 valence electrons. The summed E-state index contributed by atoms with van der Waals surface area (Å²) in [4.78, 5) is 29.2. The van der Waals surface area contributed by atoms with E-state index in [1.807, 2.05) is 23.1 Å². The molecule has 0 radical (unpaired) electrons. The summed E-state index contributed by atoms with van der Waals surface area (Å²) in [5, 5.41) is 3.48. The number of benzene rings is 2. The number of rotatable bonds is 4. The Hall–Kier alpha value is -2.55. The van der Waals surface area contributed by atoms with Crippen LogP contribution in [0.1, 0.15) is 16.8 Å². The van der Waals surface area contributed by atoms with E-state index in [2.05, 4.69) is 19.0 Å². The smallest absolute Gasteiger partial charge is 0.253 e. The van der Waals surface area contributed by atoms with Crippen molar-refractivity contribution in [1.82, 2.24) is 18.5 Å². The molecule has 0 bridgehead atoms. The van der Waals surface area contributed by atoms with Gasteiger partial charge in [0.05, 0.1) is 24.0 Å². The van der Waals surface area contributed by atoms with Gasteiger partial charge in [0.15, 0.2) is 0 Å². The number of fused-ring (bicyclic) bond motifs is 1. The minimum atomic E-state index is -0.0971. The molecule has 4 rings (SSSR count). The summed E-state index contributed by atoms with van der Waals surface area (Å²) in [6.45, 7) is 2.90. The van der Waals surface area contributed by atoms with Gasteiger partial charge < -0.3 is 10.2 Å². The monoisotopic (exact) mass is 429 g/mol. The van der Waals surface area contributed by atoms with Gasteiger partial charge in [0.2, 0.25) is 5.91 Å². The highest BCUT2D eigenvalue weighted by molar-refractivity contribution is 7.00. The molecule has 3 aromatic rings. The zero-order valence-corrected chi connectivity index (χ0v) is 17.2. The number of hydrogen-bond donors (Lipinski definition) is 1. The molecule has 1 aromatic heterocycles. The summed E-state index contributed by atoms with van der Waals surface area (Å²) in [7, 11) is 0. The summed E-state index contributed by atoms with van der Waals surface area (Å²) in [6.07, 6.45) is 0.811. The SMILES string of the molecule is O=C(CN1CCCN(C(=O)c2cccc(Cl)c2)CC1)Nc1cccc2nsnc12. The predicted molar refractivity (Wildman–Crippen MR) is 114 cm³/mol. The Morgan fingerprint density at radius 1 is 1.07 bits per heavy atom. The molecule has 0 atom stereocenters. The largest absolute Gasteiger partial charge is 0.337 e. The third-order valence-electron chi connectivity index (χ3n) is 4.87. The van der Waals surface area contributed by atoms with Crippen LogP contribution in [0, 0.1) is 0 Å². The minimum Gasteiger partial charge on any atom is -0.337 e. The van der Waals surface area contributed by atoms with E-state index in [0.717, 1.165) is 30.2 Å². The van der Waals surface area contributed by atoms with Crippen molar-refractivity contribution in [2.45, 2.75) is 6.42 Å². The fraction of sp³-hybridized carbons (Fsp3) is 0.300. The number of nitrogens with zero attached hydrogens (tertiary/aromatic N) is 4. The fourth-order valence-corrected chi connectivity index (χ4v) is 4.18. The Morgan fingerprint density at radius 3 is 2.79 bits per heavy atom.